The van der Waals surface area contributed by atoms with Gasteiger partial charge >= 0.3 is 6.03 Å². The third-order valence-corrected chi connectivity index (χ3v) is 5.88. The number of amides is 2. The molecule has 5 nitrogen and oxygen atoms in total. The first-order valence-electron chi connectivity index (χ1n) is 11.7. The first kappa shape index (κ1) is 23.3. The quantitative estimate of drug-likeness (QED) is 0.309. The van der Waals surface area contributed by atoms with Gasteiger partial charge in [-0.1, -0.05) is 88.4 Å². The molecule has 0 spiro atoms. The lowest BCUT2D eigenvalue weighted by atomic mass is 9.93. The summed E-state index contributed by atoms with van der Waals surface area (Å²) >= 11 is 0. The third kappa shape index (κ3) is 4.88. The van der Waals surface area contributed by atoms with Crippen molar-refractivity contribution in [3.05, 3.63) is 89.5 Å². The number of nitrogens with zero attached hydrogens (tertiary/aromatic N) is 1. The minimum atomic E-state index is -0.349. The second-order valence-corrected chi connectivity index (χ2v) is 9.08. The first-order valence-corrected chi connectivity index (χ1v) is 11.7. The van der Waals surface area contributed by atoms with E-state index >= 15 is 0 Å². The van der Waals surface area contributed by atoms with Gasteiger partial charge in [-0.3, -0.25) is 5.32 Å². The van der Waals surface area contributed by atoms with Crippen molar-refractivity contribution in [2.75, 3.05) is 10.6 Å². The maximum atomic E-state index is 13.2. The van der Waals surface area contributed by atoms with Crippen molar-refractivity contribution in [3.8, 4) is 22.8 Å². The van der Waals surface area contributed by atoms with Gasteiger partial charge in [-0.2, -0.15) is 4.98 Å². The van der Waals surface area contributed by atoms with E-state index in [2.05, 4.69) is 55.4 Å². The van der Waals surface area contributed by atoms with E-state index < -0.39 is 0 Å². The first-order chi connectivity index (χ1) is 16.3. The zero-order valence-corrected chi connectivity index (χ0v) is 20.3. The highest BCUT2D eigenvalue weighted by molar-refractivity contribution is 6.02. The second kappa shape index (κ2) is 9.96. The molecule has 0 unspecified atom stereocenters. The summed E-state index contributed by atoms with van der Waals surface area (Å²) in [6.07, 6.45) is 0. The molecule has 0 saturated heterocycles. The molecule has 0 bridgehead atoms. The van der Waals surface area contributed by atoms with E-state index in [9.17, 15) is 4.79 Å². The predicted molar refractivity (Wildman–Crippen MR) is 139 cm³/mol. The molecule has 1 aromatic heterocycles. The maximum Gasteiger partial charge on any atom is 0.324 e. The topological polar surface area (TPSA) is 67.2 Å². The lowest BCUT2D eigenvalue weighted by Crippen LogP contribution is -2.22. The largest absolute Gasteiger partial charge is 0.434 e. The molecule has 0 fully saturated rings. The van der Waals surface area contributed by atoms with Crippen LogP contribution in [0.4, 0.5) is 16.3 Å². The molecule has 0 aliphatic rings. The summed E-state index contributed by atoms with van der Waals surface area (Å²) in [6.45, 7) is 10.5. The maximum absolute atomic E-state index is 13.2. The van der Waals surface area contributed by atoms with Crippen LogP contribution in [0.3, 0.4) is 0 Å². The van der Waals surface area contributed by atoms with Gasteiger partial charge < -0.3 is 9.73 Å². The molecule has 2 N–H and O–H groups in total. The smallest absolute Gasteiger partial charge is 0.324 e. The van der Waals surface area contributed by atoms with Gasteiger partial charge in [0.1, 0.15) is 0 Å². The van der Waals surface area contributed by atoms with E-state index in [-0.39, 0.29) is 17.9 Å². The van der Waals surface area contributed by atoms with Gasteiger partial charge in [-0.05, 0) is 47.6 Å². The van der Waals surface area contributed by atoms with Gasteiger partial charge in [0.25, 0.3) is 0 Å². The van der Waals surface area contributed by atoms with E-state index in [1.165, 1.54) is 0 Å². The molecule has 0 radical (unpaired) electrons. The van der Waals surface area contributed by atoms with Crippen molar-refractivity contribution in [3.63, 3.8) is 0 Å². The number of benzene rings is 3. The lowest BCUT2D eigenvalue weighted by molar-refractivity contribution is 0.262. The minimum Gasteiger partial charge on any atom is -0.434 e. The van der Waals surface area contributed by atoms with E-state index in [0.29, 0.717) is 17.5 Å². The highest BCUT2D eigenvalue weighted by atomic mass is 16.4. The van der Waals surface area contributed by atoms with Crippen LogP contribution in [0.1, 0.15) is 56.2 Å². The summed E-state index contributed by atoms with van der Waals surface area (Å²) in [6, 6.07) is 23.4. The predicted octanol–water partition coefficient (Wildman–Crippen LogP) is 8.21. The van der Waals surface area contributed by atoms with Crippen LogP contribution in [0.15, 0.2) is 77.2 Å². The van der Waals surface area contributed by atoms with Crippen molar-refractivity contribution in [2.24, 2.45) is 0 Å². The molecule has 0 aliphatic heterocycles. The van der Waals surface area contributed by atoms with Crippen LogP contribution >= 0.6 is 0 Å². The molecule has 5 heteroatoms. The lowest BCUT2D eigenvalue weighted by Gasteiger charge is -2.20. The Balaban J connectivity index is 1.71. The monoisotopic (exact) mass is 453 g/mol. The fourth-order valence-electron chi connectivity index (χ4n) is 4.07. The number of anilines is 2. The van der Waals surface area contributed by atoms with Crippen molar-refractivity contribution in [1.29, 1.82) is 0 Å². The van der Waals surface area contributed by atoms with Crippen LogP contribution in [0.25, 0.3) is 22.8 Å². The average Bonchev–Trinajstić information content (AvgIpc) is 3.23. The number of hydrogen-bond acceptors (Lipinski definition) is 3. The van der Waals surface area contributed by atoms with E-state index in [4.69, 9.17) is 4.42 Å². The summed E-state index contributed by atoms with van der Waals surface area (Å²) in [5.74, 6) is 1.92. The summed E-state index contributed by atoms with van der Waals surface area (Å²) in [5, 5.41) is 6.05. The van der Waals surface area contributed by atoms with Gasteiger partial charge in [0.2, 0.25) is 5.89 Å². The van der Waals surface area contributed by atoms with Gasteiger partial charge in [-0.15, -0.1) is 0 Å². The van der Waals surface area contributed by atoms with Crippen molar-refractivity contribution in [1.82, 2.24) is 4.98 Å². The number of aryl methyl sites for hydroxylation is 1. The molecule has 0 saturated carbocycles. The molecular weight excluding hydrogens is 422 g/mol. The Kier molecular flexibility index (Phi) is 6.82. The van der Waals surface area contributed by atoms with Crippen molar-refractivity contribution >= 4 is 17.5 Å². The second-order valence-electron chi connectivity index (χ2n) is 9.08. The zero-order chi connectivity index (χ0) is 24.2. The Morgan fingerprint density at radius 2 is 1.41 bits per heavy atom. The number of hydrogen-bond donors (Lipinski definition) is 2. The van der Waals surface area contributed by atoms with Gasteiger partial charge in [0.15, 0.2) is 11.6 Å². The zero-order valence-electron chi connectivity index (χ0n) is 20.3. The minimum absolute atomic E-state index is 0.272. The molecule has 34 heavy (non-hydrogen) atoms. The number of rotatable bonds is 6. The molecular formula is C29H31N3O2. The fourth-order valence-corrected chi connectivity index (χ4v) is 4.07. The molecule has 0 aliphatic carbocycles. The molecule has 1 heterocycles. The highest BCUT2D eigenvalue weighted by Gasteiger charge is 2.21. The molecule has 3 aromatic carbocycles. The molecule has 0 atom stereocenters. The Labute approximate surface area is 201 Å². The third-order valence-electron chi connectivity index (χ3n) is 5.88. The summed E-state index contributed by atoms with van der Waals surface area (Å²) in [7, 11) is 0. The van der Waals surface area contributed by atoms with E-state index in [1.807, 2.05) is 67.6 Å². The average molecular weight is 454 g/mol. The number of carbonyl (C=O) groups excluding carboxylic acids is 1. The Morgan fingerprint density at radius 1 is 0.794 bits per heavy atom. The number of nitrogens with one attached hydrogen (secondary N) is 2. The number of urea groups is 1. The van der Waals surface area contributed by atoms with Crippen molar-refractivity contribution in [2.45, 2.75) is 46.5 Å². The number of carbonyl (C=O) groups is 1. The Hall–Kier alpha value is -3.86. The standard InChI is InChI=1S/C29H31N3O2/c1-18(2)22-16-11-17-23(19(3)4)25(22)30-29(33)32-27-26(24-15-10-9-12-20(24)5)34-28(31-27)21-13-7-6-8-14-21/h6-19H,1-5H3,(H2,30,32,33). The van der Waals surface area contributed by atoms with Crippen LogP contribution in [-0.4, -0.2) is 11.0 Å². The fraction of sp³-hybridized carbons (Fsp3) is 0.241. The molecule has 4 aromatic rings. The van der Waals surface area contributed by atoms with Gasteiger partial charge in [-0.25, -0.2) is 4.79 Å². The normalized spacial score (nSPS) is 11.1. The van der Waals surface area contributed by atoms with Crippen LogP contribution in [0, 0.1) is 6.92 Å². The van der Waals surface area contributed by atoms with Crippen LogP contribution in [-0.2, 0) is 0 Å². The summed E-state index contributed by atoms with van der Waals surface area (Å²) < 4.78 is 6.19. The van der Waals surface area contributed by atoms with Crippen LogP contribution < -0.4 is 10.6 Å². The SMILES string of the molecule is Cc1ccccc1-c1oc(-c2ccccc2)nc1NC(=O)Nc1c(C(C)C)cccc1C(C)C. The molecule has 4 rings (SSSR count). The van der Waals surface area contributed by atoms with Gasteiger partial charge in [0.05, 0.1) is 0 Å². The number of para-hydroxylation sites is 1. The Bertz CT molecular complexity index is 1260. The summed E-state index contributed by atoms with van der Waals surface area (Å²) in [4.78, 5) is 17.9. The molecule has 2 amide bonds. The van der Waals surface area contributed by atoms with Crippen LogP contribution in [0.5, 0.6) is 0 Å². The molecule has 174 valence electrons. The van der Waals surface area contributed by atoms with E-state index in [0.717, 1.165) is 33.5 Å². The number of aromatic nitrogens is 1. The van der Waals surface area contributed by atoms with Crippen molar-refractivity contribution < 1.29 is 9.21 Å². The Morgan fingerprint density at radius 3 is 2.03 bits per heavy atom. The van der Waals surface area contributed by atoms with E-state index in [1.54, 1.807) is 0 Å². The number of oxazole rings is 1. The van der Waals surface area contributed by atoms with Gasteiger partial charge in [0, 0.05) is 16.8 Å². The summed E-state index contributed by atoms with van der Waals surface area (Å²) in [5.41, 5.74) is 5.83. The highest BCUT2D eigenvalue weighted by Crippen LogP contribution is 2.36. The van der Waals surface area contributed by atoms with Crippen LogP contribution in [0.2, 0.25) is 0 Å².